The summed E-state index contributed by atoms with van der Waals surface area (Å²) in [6, 6.07) is 10.5. The summed E-state index contributed by atoms with van der Waals surface area (Å²) in [5.41, 5.74) is 2.70. The Bertz CT molecular complexity index is 325. The first-order valence-corrected chi connectivity index (χ1v) is 4.84. The van der Waals surface area contributed by atoms with E-state index in [4.69, 9.17) is 5.26 Å². The molecule has 74 valence electrons. The minimum absolute atomic E-state index is 0.506. The van der Waals surface area contributed by atoms with E-state index in [1.165, 1.54) is 11.1 Å². The van der Waals surface area contributed by atoms with Gasteiger partial charge in [0.05, 0.1) is 12.6 Å². The highest BCUT2D eigenvalue weighted by molar-refractivity contribution is 5.25. The van der Waals surface area contributed by atoms with Gasteiger partial charge in [-0.3, -0.25) is 4.90 Å². The van der Waals surface area contributed by atoms with Crippen molar-refractivity contribution in [2.24, 2.45) is 0 Å². The summed E-state index contributed by atoms with van der Waals surface area (Å²) in [5.74, 6) is 0. The molecule has 1 rings (SSSR count). The fraction of sp³-hybridized carbons (Fsp3) is 0.417. The van der Waals surface area contributed by atoms with E-state index in [0.717, 1.165) is 13.0 Å². The SMILES string of the molecule is Cc1ccccc1CCN(C)CC#N. The maximum atomic E-state index is 8.50. The summed E-state index contributed by atoms with van der Waals surface area (Å²) < 4.78 is 0. The molecule has 0 aliphatic rings. The molecule has 0 heterocycles. The van der Waals surface area contributed by atoms with Crippen LogP contribution in [0.15, 0.2) is 24.3 Å². The first kappa shape index (κ1) is 10.7. The van der Waals surface area contributed by atoms with Crippen molar-refractivity contribution in [3.8, 4) is 6.07 Å². The van der Waals surface area contributed by atoms with Gasteiger partial charge in [-0.25, -0.2) is 0 Å². The maximum Gasteiger partial charge on any atom is 0.0863 e. The largest absolute Gasteiger partial charge is 0.293 e. The Morgan fingerprint density at radius 3 is 2.71 bits per heavy atom. The zero-order chi connectivity index (χ0) is 10.4. The molecule has 0 aliphatic heterocycles. The summed E-state index contributed by atoms with van der Waals surface area (Å²) in [6.07, 6.45) is 1.02. The van der Waals surface area contributed by atoms with Gasteiger partial charge in [0.2, 0.25) is 0 Å². The van der Waals surface area contributed by atoms with Gasteiger partial charge >= 0.3 is 0 Å². The topological polar surface area (TPSA) is 27.0 Å². The molecule has 0 unspecified atom stereocenters. The zero-order valence-electron chi connectivity index (χ0n) is 8.83. The molecule has 0 fully saturated rings. The van der Waals surface area contributed by atoms with Crippen LogP contribution in [0.4, 0.5) is 0 Å². The lowest BCUT2D eigenvalue weighted by Gasteiger charge is -2.13. The van der Waals surface area contributed by atoms with E-state index in [1.807, 2.05) is 11.9 Å². The number of rotatable bonds is 4. The highest BCUT2D eigenvalue weighted by Crippen LogP contribution is 2.07. The monoisotopic (exact) mass is 188 g/mol. The molecule has 0 spiro atoms. The minimum Gasteiger partial charge on any atom is -0.293 e. The Labute approximate surface area is 85.8 Å². The second kappa shape index (κ2) is 5.41. The van der Waals surface area contributed by atoms with Crippen molar-refractivity contribution in [1.29, 1.82) is 5.26 Å². The maximum absolute atomic E-state index is 8.50. The molecule has 0 aliphatic carbocycles. The van der Waals surface area contributed by atoms with Crippen molar-refractivity contribution in [3.63, 3.8) is 0 Å². The van der Waals surface area contributed by atoms with E-state index in [-0.39, 0.29) is 0 Å². The van der Waals surface area contributed by atoms with Crippen LogP contribution in [-0.2, 0) is 6.42 Å². The molecule has 0 aromatic heterocycles. The third-order valence-corrected chi connectivity index (χ3v) is 2.36. The van der Waals surface area contributed by atoms with Crippen LogP contribution in [0.25, 0.3) is 0 Å². The van der Waals surface area contributed by atoms with Gasteiger partial charge in [-0.15, -0.1) is 0 Å². The molecule has 0 radical (unpaired) electrons. The molecule has 0 saturated heterocycles. The number of aryl methyl sites for hydroxylation is 1. The van der Waals surface area contributed by atoms with Crippen molar-refractivity contribution >= 4 is 0 Å². The first-order chi connectivity index (χ1) is 6.74. The van der Waals surface area contributed by atoms with Gasteiger partial charge in [-0.05, 0) is 31.5 Å². The van der Waals surface area contributed by atoms with E-state index < -0.39 is 0 Å². The van der Waals surface area contributed by atoms with Crippen LogP contribution in [0.2, 0.25) is 0 Å². The number of hydrogen-bond acceptors (Lipinski definition) is 2. The van der Waals surface area contributed by atoms with E-state index in [2.05, 4.69) is 37.3 Å². The van der Waals surface area contributed by atoms with Crippen LogP contribution in [0.3, 0.4) is 0 Å². The predicted molar refractivity (Wildman–Crippen MR) is 58.0 cm³/mol. The summed E-state index contributed by atoms with van der Waals surface area (Å²) >= 11 is 0. The second-order valence-electron chi connectivity index (χ2n) is 3.57. The van der Waals surface area contributed by atoms with Crippen LogP contribution < -0.4 is 0 Å². The van der Waals surface area contributed by atoms with E-state index >= 15 is 0 Å². The molecular weight excluding hydrogens is 172 g/mol. The van der Waals surface area contributed by atoms with Gasteiger partial charge in [-0.2, -0.15) is 5.26 Å². The van der Waals surface area contributed by atoms with Crippen molar-refractivity contribution in [3.05, 3.63) is 35.4 Å². The number of benzene rings is 1. The Kier molecular flexibility index (Phi) is 4.15. The number of hydrogen-bond donors (Lipinski definition) is 0. The fourth-order valence-corrected chi connectivity index (χ4v) is 1.40. The summed E-state index contributed by atoms with van der Waals surface area (Å²) in [6.45, 7) is 3.57. The third-order valence-electron chi connectivity index (χ3n) is 2.36. The van der Waals surface area contributed by atoms with Gasteiger partial charge in [0.1, 0.15) is 0 Å². The van der Waals surface area contributed by atoms with Crippen LogP contribution in [0.5, 0.6) is 0 Å². The Morgan fingerprint density at radius 2 is 2.07 bits per heavy atom. The van der Waals surface area contributed by atoms with Crippen molar-refractivity contribution < 1.29 is 0 Å². The number of nitriles is 1. The van der Waals surface area contributed by atoms with Gasteiger partial charge in [0.25, 0.3) is 0 Å². The molecule has 1 aromatic rings. The van der Waals surface area contributed by atoms with Crippen molar-refractivity contribution in [2.75, 3.05) is 20.1 Å². The molecule has 1 aromatic carbocycles. The summed E-state index contributed by atoms with van der Waals surface area (Å²) in [5, 5.41) is 8.50. The lowest BCUT2D eigenvalue weighted by atomic mass is 10.1. The molecular formula is C12H16N2. The van der Waals surface area contributed by atoms with Crippen molar-refractivity contribution in [2.45, 2.75) is 13.3 Å². The van der Waals surface area contributed by atoms with Gasteiger partial charge in [0, 0.05) is 6.54 Å². The Hall–Kier alpha value is -1.33. The lowest BCUT2D eigenvalue weighted by Crippen LogP contribution is -2.21. The van der Waals surface area contributed by atoms with Crippen molar-refractivity contribution in [1.82, 2.24) is 4.90 Å². The normalized spacial score (nSPS) is 10.1. The van der Waals surface area contributed by atoms with E-state index in [9.17, 15) is 0 Å². The average Bonchev–Trinajstić information content (AvgIpc) is 2.17. The van der Waals surface area contributed by atoms with Gasteiger partial charge in [0.15, 0.2) is 0 Å². The van der Waals surface area contributed by atoms with Gasteiger partial charge < -0.3 is 0 Å². The molecule has 0 N–H and O–H groups in total. The first-order valence-electron chi connectivity index (χ1n) is 4.84. The molecule has 0 atom stereocenters. The molecule has 14 heavy (non-hydrogen) atoms. The average molecular weight is 188 g/mol. The molecule has 0 bridgehead atoms. The molecule has 0 saturated carbocycles. The minimum atomic E-state index is 0.506. The van der Waals surface area contributed by atoms with Crippen LogP contribution in [0, 0.1) is 18.3 Å². The smallest absolute Gasteiger partial charge is 0.0863 e. The molecule has 2 nitrogen and oxygen atoms in total. The Morgan fingerprint density at radius 1 is 1.36 bits per heavy atom. The standard InChI is InChI=1S/C12H16N2/c1-11-5-3-4-6-12(11)7-9-14(2)10-8-13/h3-6H,7,9-10H2,1-2H3. The lowest BCUT2D eigenvalue weighted by molar-refractivity contribution is 0.379. The third kappa shape index (κ3) is 3.20. The zero-order valence-corrected chi connectivity index (χ0v) is 8.83. The van der Waals surface area contributed by atoms with E-state index in [1.54, 1.807) is 0 Å². The quantitative estimate of drug-likeness (QED) is 0.676. The molecule has 0 amide bonds. The highest BCUT2D eigenvalue weighted by atomic mass is 15.1. The number of likely N-dealkylation sites (N-methyl/N-ethyl adjacent to an activating group) is 1. The van der Waals surface area contributed by atoms with Crippen LogP contribution in [-0.4, -0.2) is 25.0 Å². The Balaban J connectivity index is 2.46. The molecule has 2 heteroatoms. The summed E-state index contributed by atoms with van der Waals surface area (Å²) in [7, 11) is 1.97. The second-order valence-corrected chi connectivity index (χ2v) is 3.57. The highest BCUT2D eigenvalue weighted by Gasteiger charge is 2.00. The van der Waals surface area contributed by atoms with Crippen LogP contribution in [0.1, 0.15) is 11.1 Å². The fourth-order valence-electron chi connectivity index (χ4n) is 1.40. The van der Waals surface area contributed by atoms with Gasteiger partial charge in [-0.1, -0.05) is 24.3 Å². The van der Waals surface area contributed by atoms with E-state index in [0.29, 0.717) is 6.54 Å². The summed E-state index contributed by atoms with van der Waals surface area (Å²) in [4.78, 5) is 2.03. The predicted octanol–water partition coefficient (Wildman–Crippen LogP) is 1.99. The van der Waals surface area contributed by atoms with Crippen LogP contribution >= 0.6 is 0 Å². The number of nitrogens with zero attached hydrogens (tertiary/aromatic N) is 2.